The van der Waals surface area contributed by atoms with Gasteiger partial charge in [0.05, 0.1) is 22.5 Å². The molecule has 0 aliphatic carbocycles. The number of sulfonamides is 1. The summed E-state index contributed by atoms with van der Waals surface area (Å²) in [6.45, 7) is 2.53. The van der Waals surface area contributed by atoms with E-state index in [2.05, 4.69) is 9.71 Å². The summed E-state index contributed by atoms with van der Waals surface area (Å²) in [5, 5.41) is 0. The quantitative estimate of drug-likeness (QED) is 0.771. The zero-order chi connectivity index (χ0) is 17.3. The fourth-order valence-corrected chi connectivity index (χ4v) is 3.36. The zero-order valence-electron chi connectivity index (χ0n) is 13.8. The summed E-state index contributed by atoms with van der Waals surface area (Å²) in [6, 6.07) is 12.6. The van der Waals surface area contributed by atoms with Crippen LogP contribution >= 0.6 is 0 Å². The molecule has 1 heterocycles. The average Bonchev–Trinajstić information content (AvgIpc) is 2.92. The number of hydrogen-bond acceptors (Lipinski definition) is 4. The van der Waals surface area contributed by atoms with Gasteiger partial charge in [-0.1, -0.05) is 12.1 Å². The van der Waals surface area contributed by atoms with Crippen molar-refractivity contribution in [3.8, 4) is 17.1 Å². The summed E-state index contributed by atoms with van der Waals surface area (Å²) >= 11 is 0. The number of hydrogen-bond donors (Lipinski definition) is 1. The molecular weight excluding hydrogens is 326 g/mol. The lowest BCUT2D eigenvalue weighted by molar-refractivity contribution is 0.340. The van der Waals surface area contributed by atoms with Gasteiger partial charge < -0.3 is 9.30 Å². The third kappa shape index (κ3) is 2.88. The van der Waals surface area contributed by atoms with Gasteiger partial charge in [0, 0.05) is 12.6 Å². The van der Waals surface area contributed by atoms with Crippen molar-refractivity contribution in [3.63, 3.8) is 0 Å². The molecule has 3 aromatic rings. The molecule has 24 heavy (non-hydrogen) atoms. The number of aromatic nitrogens is 2. The number of fused-ring (bicyclic) bond motifs is 1. The molecule has 0 aliphatic rings. The number of rotatable bonds is 5. The summed E-state index contributed by atoms with van der Waals surface area (Å²) in [6.07, 6.45) is 0. The zero-order valence-corrected chi connectivity index (χ0v) is 14.6. The number of imidazole rings is 1. The largest absolute Gasteiger partial charge is 0.494 e. The van der Waals surface area contributed by atoms with Gasteiger partial charge >= 0.3 is 0 Å². The van der Waals surface area contributed by atoms with Crippen LogP contribution in [0.1, 0.15) is 6.92 Å². The van der Waals surface area contributed by atoms with Crippen molar-refractivity contribution in [3.05, 3.63) is 42.5 Å². The highest BCUT2D eigenvalue weighted by Gasteiger charge is 2.16. The number of nitrogens with one attached hydrogen (secondary N) is 1. The van der Waals surface area contributed by atoms with Gasteiger partial charge in [-0.2, -0.15) is 0 Å². The third-order valence-electron chi connectivity index (χ3n) is 3.83. The molecular formula is C17H19N3O3S. The van der Waals surface area contributed by atoms with Crippen LogP contribution in [0.4, 0.5) is 0 Å². The van der Waals surface area contributed by atoms with E-state index in [-0.39, 0.29) is 4.90 Å². The second kappa shape index (κ2) is 6.26. The first-order valence-electron chi connectivity index (χ1n) is 7.59. The Hall–Kier alpha value is -2.38. The van der Waals surface area contributed by atoms with Crippen molar-refractivity contribution in [1.29, 1.82) is 0 Å². The fraction of sp³-hybridized carbons (Fsp3) is 0.235. The predicted octanol–water partition coefficient (Wildman–Crippen LogP) is 2.55. The molecule has 1 aromatic heterocycles. The van der Waals surface area contributed by atoms with Gasteiger partial charge in [-0.15, -0.1) is 0 Å². The predicted molar refractivity (Wildman–Crippen MR) is 93.6 cm³/mol. The Bertz CT molecular complexity index is 993. The second-order valence-electron chi connectivity index (χ2n) is 5.31. The van der Waals surface area contributed by atoms with E-state index in [0.717, 1.165) is 22.7 Å². The van der Waals surface area contributed by atoms with Crippen molar-refractivity contribution in [2.75, 3.05) is 13.7 Å². The van der Waals surface area contributed by atoms with E-state index in [9.17, 15) is 8.42 Å². The molecule has 7 heteroatoms. The Morgan fingerprint density at radius 1 is 1.21 bits per heavy atom. The highest BCUT2D eigenvalue weighted by Crippen LogP contribution is 2.27. The first kappa shape index (κ1) is 16.5. The van der Waals surface area contributed by atoms with E-state index in [0.29, 0.717) is 12.1 Å². The fourth-order valence-electron chi connectivity index (χ4n) is 2.61. The Morgan fingerprint density at radius 3 is 2.71 bits per heavy atom. The number of benzene rings is 2. The molecule has 0 unspecified atom stereocenters. The summed E-state index contributed by atoms with van der Waals surface area (Å²) in [4.78, 5) is 4.81. The minimum atomic E-state index is -3.49. The first-order chi connectivity index (χ1) is 11.5. The standard InChI is InChI=1S/C17H19N3O3S/c1-4-23-13-7-5-6-12(10-13)17-19-15-11-14(24(21,22)18-2)8-9-16(15)20(17)3/h5-11,18H,4H2,1-3H3. The summed E-state index contributed by atoms with van der Waals surface area (Å²) in [7, 11) is -0.193. The van der Waals surface area contributed by atoms with Gasteiger partial charge in [0.15, 0.2) is 0 Å². The van der Waals surface area contributed by atoms with Crippen molar-refractivity contribution in [2.45, 2.75) is 11.8 Å². The molecule has 0 atom stereocenters. The lowest BCUT2D eigenvalue weighted by atomic mass is 10.2. The molecule has 0 saturated heterocycles. The highest BCUT2D eigenvalue weighted by atomic mass is 32.2. The second-order valence-corrected chi connectivity index (χ2v) is 7.20. The van der Waals surface area contributed by atoms with Gasteiger partial charge in [0.2, 0.25) is 10.0 Å². The Labute approximate surface area is 141 Å². The topological polar surface area (TPSA) is 73.2 Å². The Kier molecular flexibility index (Phi) is 4.29. The normalized spacial score (nSPS) is 11.8. The van der Waals surface area contributed by atoms with Gasteiger partial charge in [0.25, 0.3) is 0 Å². The van der Waals surface area contributed by atoms with E-state index in [4.69, 9.17) is 4.74 Å². The molecule has 0 saturated carbocycles. The SMILES string of the molecule is CCOc1cccc(-c2nc3cc(S(=O)(=O)NC)ccc3n2C)c1. The number of aryl methyl sites for hydroxylation is 1. The van der Waals surface area contributed by atoms with Crippen LogP contribution in [0.5, 0.6) is 5.75 Å². The van der Waals surface area contributed by atoms with Crippen LogP contribution in [0.25, 0.3) is 22.4 Å². The molecule has 0 aliphatic heterocycles. The van der Waals surface area contributed by atoms with Crippen LogP contribution in [-0.4, -0.2) is 31.6 Å². The molecule has 2 aromatic carbocycles. The van der Waals surface area contributed by atoms with Gasteiger partial charge in [-0.3, -0.25) is 0 Å². The maximum absolute atomic E-state index is 12.0. The maximum Gasteiger partial charge on any atom is 0.240 e. The Morgan fingerprint density at radius 2 is 2.00 bits per heavy atom. The summed E-state index contributed by atoms with van der Waals surface area (Å²) in [5.41, 5.74) is 2.41. The van der Waals surface area contributed by atoms with Crippen LogP contribution < -0.4 is 9.46 Å². The molecule has 1 N–H and O–H groups in total. The van der Waals surface area contributed by atoms with Crippen molar-refractivity contribution in [1.82, 2.24) is 14.3 Å². The van der Waals surface area contributed by atoms with E-state index in [1.807, 2.05) is 42.8 Å². The number of nitrogens with zero attached hydrogens (tertiary/aromatic N) is 2. The molecule has 6 nitrogen and oxygen atoms in total. The molecule has 3 rings (SSSR count). The van der Waals surface area contributed by atoms with Crippen LogP contribution in [0.2, 0.25) is 0 Å². The minimum absolute atomic E-state index is 0.199. The molecule has 0 fully saturated rings. The Balaban J connectivity index is 2.13. The maximum atomic E-state index is 12.0. The molecule has 0 spiro atoms. The highest BCUT2D eigenvalue weighted by molar-refractivity contribution is 7.89. The van der Waals surface area contributed by atoms with E-state index in [1.165, 1.54) is 7.05 Å². The van der Waals surface area contributed by atoms with Crippen LogP contribution in [-0.2, 0) is 17.1 Å². The average molecular weight is 345 g/mol. The van der Waals surface area contributed by atoms with Gasteiger partial charge in [-0.05, 0) is 44.3 Å². The van der Waals surface area contributed by atoms with Crippen molar-refractivity contribution >= 4 is 21.1 Å². The first-order valence-corrected chi connectivity index (χ1v) is 9.08. The van der Waals surface area contributed by atoms with E-state index in [1.54, 1.807) is 18.2 Å². The lowest BCUT2D eigenvalue weighted by Gasteiger charge is -2.06. The third-order valence-corrected chi connectivity index (χ3v) is 5.25. The number of ether oxygens (including phenoxy) is 1. The minimum Gasteiger partial charge on any atom is -0.494 e. The van der Waals surface area contributed by atoms with Crippen LogP contribution in [0, 0.1) is 0 Å². The summed E-state index contributed by atoms with van der Waals surface area (Å²) < 4.78 is 33.7. The molecule has 0 amide bonds. The van der Waals surface area contributed by atoms with Crippen molar-refractivity contribution in [2.24, 2.45) is 7.05 Å². The molecule has 0 radical (unpaired) electrons. The van der Waals surface area contributed by atoms with Crippen LogP contribution in [0.15, 0.2) is 47.4 Å². The summed E-state index contributed by atoms with van der Waals surface area (Å²) in [5.74, 6) is 1.53. The smallest absolute Gasteiger partial charge is 0.240 e. The van der Waals surface area contributed by atoms with Crippen LogP contribution in [0.3, 0.4) is 0 Å². The van der Waals surface area contributed by atoms with Gasteiger partial charge in [-0.25, -0.2) is 18.1 Å². The van der Waals surface area contributed by atoms with Gasteiger partial charge in [0.1, 0.15) is 11.6 Å². The molecule has 126 valence electrons. The monoisotopic (exact) mass is 345 g/mol. The lowest BCUT2D eigenvalue weighted by Crippen LogP contribution is -2.18. The van der Waals surface area contributed by atoms with E-state index >= 15 is 0 Å². The van der Waals surface area contributed by atoms with E-state index < -0.39 is 10.0 Å². The molecule has 0 bridgehead atoms. The van der Waals surface area contributed by atoms with Crippen molar-refractivity contribution < 1.29 is 13.2 Å².